The highest BCUT2D eigenvalue weighted by Crippen LogP contribution is 2.12. The fraction of sp³-hybridized carbons (Fsp3) is 0.0769. The van der Waals surface area contributed by atoms with Gasteiger partial charge in [0.25, 0.3) is 0 Å². The first kappa shape index (κ1) is 10.4. The average Bonchev–Trinajstić information content (AvgIpc) is 2.31. The van der Waals surface area contributed by atoms with Gasteiger partial charge in [-0.1, -0.05) is 36.4 Å². The number of pyridine rings is 1. The number of aromatic carboxylic acids is 1. The molecule has 0 aliphatic carbocycles. The van der Waals surface area contributed by atoms with Crippen LogP contribution in [0.2, 0.25) is 0 Å². The van der Waals surface area contributed by atoms with E-state index in [9.17, 15) is 4.79 Å². The van der Waals surface area contributed by atoms with E-state index in [1.807, 2.05) is 30.3 Å². The molecule has 0 spiro atoms. The SMILES string of the molecule is O=C(O)c1ncccc1Cc1ccccc1. The van der Waals surface area contributed by atoms with E-state index in [0.717, 1.165) is 11.1 Å². The summed E-state index contributed by atoms with van der Waals surface area (Å²) in [7, 11) is 0. The third kappa shape index (κ3) is 2.25. The molecular formula is C13H11NO2. The van der Waals surface area contributed by atoms with Gasteiger partial charge in [-0.3, -0.25) is 0 Å². The predicted octanol–water partition coefficient (Wildman–Crippen LogP) is 2.37. The summed E-state index contributed by atoms with van der Waals surface area (Å²) in [5.41, 5.74) is 1.95. The molecule has 16 heavy (non-hydrogen) atoms. The van der Waals surface area contributed by atoms with E-state index in [1.54, 1.807) is 12.1 Å². The van der Waals surface area contributed by atoms with Crippen molar-refractivity contribution in [3.05, 3.63) is 65.5 Å². The van der Waals surface area contributed by atoms with Gasteiger partial charge in [-0.2, -0.15) is 0 Å². The normalized spacial score (nSPS) is 10.0. The first-order valence-electron chi connectivity index (χ1n) is 4.98. The number of aromatic nitrogens is 1. The Balaban J connectivity index is 2.31. The summed E-state index contributed by atoms with van der Waals surface area (Å²) in [5.74, 6) is -0.980. The van der Waals surface area contributed by atoms with Crippen LogP contribution < -0.4 is 0 Å². The molecule has 1 heterocycles. The van der Waals surface area contributed by atoms with Crippen LogP contribution in [0.25, 0.3) is 0 Å². The second-order valence-electron chi connectivity index (χ2n) is 3.48. The van der Waals surface area contributed by atoms with Crippen molar-refractivity contribution in [2.75, 3.05) is 0 Å². The van der Waals surface area contributed by atoms with Crippen molar-refractivity contribution in [1.29, 1.82) is 0 Å². The van der Waals surface area contributed by atoms with E-state index >= 15 is 0 Å². The first-order valence-corrected chi connectivity index (χ1v) is 4.98. The van der Waals surface area contributed by atoms with Gasteiger partial charge in [-0.25, -0.2) is 9.78 Å². The van der Waals surface area contributed by atoms with Crippen LogP contribution in [0.4, 0.5) is 0 Å². The van der Waals surface area contributed by atoms with E-state index < -0.39 is 5.97 Å². The molecule has 0 atom stereocenters. The summed E-state index contributed by atoms with van der Waals surface area (Å²) >= 11 is 0. The molecule has 0 saturated heterocycles. The van der Waals surface area contributed by atoms with Gasteiger partial charge in [0.1, 0.15) is 0 Å². The number of carboxylic acid groups (broad SMARTS) is 1. The van der Waals surface area contributed by atoms with Gasteiger partial charge in [0, 0.05) is 6.20 Å². The average molecular weight is 213 g/mol. The minimum Gasteiger partial charge on any atom is -0.477 e. The van der Waals surface area contributed by atoms with Crippen LogP contribution in [-0.2, 0) is 6.42 Å². The molecule has 80 valence electrons. The summed E-state index contributed by atoms with van der Waals surface area (Å²) in [5, 5.41) is 8.98. The lowest BCUT2D eigenvalue weighted by Crippen LogP contribution is -2.05. The van der Waals surface area contributed by atoms with Crippen molar-refractivity contribution >= 4 is 5.97 Å². The standard InChI is InChI=1S/C13H11NO2/c15-13(16)12-11(7-4-8-14-12)9-10-5-2-1-3-6-10/h1-8H,9H2,(H,15,16). The van der Waals surface area contributed by atoms with Crippen molar-refractivity contribution in [1.82, 2.24) is 4.98 Å². The van der Waals surface area contributed by atoms with Gasteiger partial charge >= 0.3 is 5.97 Å². The number of hydrogen-bond donors (Lipinski definition) is 1. The number of carboxylic acids is 1. The van der Waals surface area contributed by atoms with Crippen LogP contribution in [0.15, 0.2) is 48.7 Å². The molecule has 1 aromatic heterocycles. The molecule has 1 N–H and O–H groups in total. The lowest BCUT2D eigenvalue weighted by molar-refractivity contribution is 0.0689. The monoisotopic (exact) mass is 213 g/mol. The Labute approximate surface area is 93.4 Å². The van der Waals surface area contributed by atoms with Crippen molar-refractivity contribution in [2.24, 2.45) is 0 Å². The second kappa shape index (κ2) is 4.57. The molecular weight excluding hydrogens is 202 g/mol. The maximum atomic E-state index is 10.9. The molecule has 3 nitrogen and oxygen atoms in total. The fourth-order valence-corrected chi connectivity index (χ4v) is 1.59. The molecule has 0 unspecified atom stereocenters. The van der Waals surface area contributed by atoms with Crippen LogP contribution >= 0.6 is 0 Å². The largest absolute Gasteiger partial charge is 0.477 e. The third-order valence-corrected chi connectivity index (χ3v) is 2.33. The molecule has 0 aliphatic heterocycles. The van der Waals surface area contributed by atoms with Crippen LogP contribution in [0.5, 0.6) is 0 Å². The fourth-order valence-electron chi connectivity index (χ4n) is 1.59. The van der Waals surface area contributed by atoms with Gasteiger partial charge in [0.05, 0.1) is 0 Å². The zero-order valence-electron chi connectivity index (χ0n) is 8.63. The minimum absolute atomic E-state index is 0.131. The number of rotatable bonds is 3. The first-order chi connectivity index (χ1) is 7.77. The van der Waals surface area contributed by atoms with E-state index in [0.29, 0.717) is 6.42 Å². The highest BCUT2D eigenvalue weighted by Gasteiger charge is 2.10. The Kier molecular flexibility index (Phi) is 2.96. The predicted molar refractivity (Wildman–Crippen MR) is 60.4 cm³/mol. The Morgan fingerprint density at radius 2 is 1.88 bits per heavy atom. The summed E-state index contributed by atoms with van der Waals surface area (Å²) in [4.78, 5) is 14.8. The van der Waals surface area contributed by atoms with Crippen LogP contribution in [-0.4, -0.2) is 16.1 Å². The highest BCUT2D eigenvalue weighted by molar-refractivity contribution is 5.87. The maximum Gasteiger partial charge on any atom is 0.354 e. The number of nitrogens with zero attached hydrogens (tertiary/aromatic N) is 1. The molecule has 0 aliphatic rings. The van der Waals surface area contributed by atoms with E-state index in [-0.39, 0.29) is 5.69 Å². The molecule has 2 rings (SSSR count). The van der Waals surface area contributed by atoms with Gasteiger partial charge < -0.3 is 5.11 Å². The van der Waals surface area contributed by atoms with E-state index in [1.165, 1.54) is 6.20 Å². The quantitative estimate of drug-likeness (QED) is 0.851. The van der Waals surface area contributed by atoms with E-state index in [2.05, 4.69) is 4.98 Å². The molecule has 0 bridgehead atoms. The van der Waals surface area contributed by atoms with Crippen LogP contribution in [0, 0.1) is 0 Å². The Bertz CT molecular complexity index is 494. The highest BCUT2D eigenvalue weighted by atomic mass is 16.4. The third-order valence-electron chi connectivity index (χ3n) is 2.33. The summed E-state index contributed by atoms with van der Waals surface area (Å²) in [6, 6.07) is 13.3. The minimum atomic E-state index is -0.980. The second-order valence-corrected chi connectivity index (χ2v) is 3.48. The molecule has 0 fully saturated rings. The Morgan fingerprint density at radius 1 is 1.12 bits per heavy atom. The van der Waals surface area contributed by atoms with Gasteiger partial charge in [-0.15, -0.1) is 0 Å². The topological polar surface area (TPSA) is 50.2 Å². The van der Waals surface area contributed by atoms with Gasteiger partial charge in [-0.05, 0) is 23.6 Å². The van der Waals surface area contributed by atoms with E-state index in [4.69, 9.17) is 5.11 Å². The molecule has 0 saturated carbocycles. The summed E-state index contributed by atoms with van der Waals surface area (Å²) in [6.07, 6.45) is 2.09. The Morgan fingerprint density at radius 3 is 2.56 bits per heavy atom. The smallest absolute Gasteiger partial charge is 0.354 e. The van der Waals surface area contributed by atoms with Crippen LogP contribution in [0.3, 0.4) is 0 Å². The maximum absolute atomic E-state index is 10.9. The van der Waals surface area contributed by atoms with Crippen molar-refractivity contribution < 1.29 is 9.90 Å². The summed E-state index contributed by atoms with van der Waals surface area (Å²) < 4.78 is 0. The number of carbonyl (C=O) groups is 1. The molecule has 3 heteroatoms. The number of benzene rings is 1. The van der Waals surface area contributed by atoms with Crippen LogP contribution in [0.1, 0.15) is 21.6 Å². The Hall–Kier alpha value is -2.16. The zero-order valence-corrected chi connectivity index (χ0v) is 8.63. The zero-order chi connectivity index (χ0) is 11.4. The molecule has 1 aromatic carbocycles. The molecule has 0 radical (unpaired) electrons. The summed E-state index contributed by atoms with van der Waals surface area (Å²) in [6.45, 7) is 0. The molecule has 0 amide bonds. The lowest BCUT2D eigenvalue weighted by Gasteiger charge is -2.04. The van der Waals surface area contributed by atoms with Crippen molar-refractivity contribution in [2.45, 2.75) is 6.42 Å². The lowest BCUT2D eigenvalue weighted by atomic mass is 10.0. The van der Waals surface area contributed by atoms with Crippen molar-refractivity contribution in [3.63, 3.8) is 0 Å². The van der Waals surface area contributed by atoms with Gasteiger partial charge in [0.2, 0.25) is 0 Å². The van der Waals surface area contributed by atoms with Crippen molar-refractivity contribution in [3.8, 4) is 0 Å². The number of hydrogen-bond acceptors (Lipinski definition) is 2. The molecule has 2 aromatic rings. The van der Waals surface area contributed by atoms with Gasteiger partial charge in [0.15, 0.2) is 5.69 Å².